The van der Waals surface area contributed by atoms with Crippen LogP contribution in [0.1, 0.15) is 0 Å². The van der Waals surface area contributed by atoms with Crippen LogP contribution in [0.4, 0.5) is 5.69 Å². The van der Waals surface area contributed by atoms with Crippen molar-refractivity contribution in [3.05, 3.63) is 94.7 Å². The number of methoxy groups -OCH3 is 1. The molecule has 1 aliphatic rings. The van der Waals surface area contributed by atoms with Crippen molar-refractivity contribution in [3.8, 4) is 28.4 Å². The minimum absolute atomic E-state index is 0.0239. The number of anilines is 1. The number of benzene rings is 3. The molecule has 0 saturated heterocycles. The predicted octanol–water partition coefficient (Wildman–Crippen LogP) is 3.90. The van der Waals surface area contributed by atoms with Crippen LogP contribution in [0.2, 0.25) is 0 Å². The van der Waals surface area contributed by atoms with Crippen LogP contribution in [0.15, 0.2) is 93.7 Å². The molecule has 5 rings (SSSR count). The molecular weight excluding hydrogens is 510 g/mol. The van der Waals surface area contributed by atoms with Crippen LogP contribution in [0.25, 0.3) is 22.1 Å². The summed E-state index contributed by atoms with van der Waals surface area (Å²) in [4.78, 5) is 27.7. The number of carbonyl (C=O) groups excluding carboxylic acids is 1. The minimum atomic E-state index is -3.41. The van der Waals surface area contributed by atoms with E-state index in [1.54, 1.807) is 61.7 Å². The number of hydrogen-bond donors (Lipinski definition) is 1. The van der Waals surface area contributed by atoms with Crippen LogP contribution in [0.5, 0.6) is 17.2 Å². The van der Waals surface area contributed by atoms with Gasteiger partial charge < -0.3 is 23.9 Å². The average molecular weight is 534 g/mol. The van der Waals surface area contributed by atoms with E-state index in [2.05, 4.69) is 0 Å². The SMILES string of the molecule is COc1ccc(-c2coc3cc(OCC(=O)N(c4ccccc4)C4C=CS(=O)(=O)C4)cc(O)c3c2=O)cc1. The van der Waals surface area contributed by atoms with Crippen LogP contribution in [-0.2, 0) is 14.6 Å². The predicted molar refractivity (Wildman–Crippen MR) is 142 cm³/mol. The Balaban J connectivity index is 1.40. The van der Waals surface area contributed by atoms with Gasteiger partial charge in [0.1, 0.15) is 34.5 Å². The highest BCUT2D eigenvalue weighted by atomic mass is 32.2. The highest BCUT2D eigenvalue weighted by molar-refractivity contribution is 7.94. The number of hydrogen-bond acceptors (Lipinski definition) is 8. The number of para-hydroxylation sites is 1. The van der Waals surface area contributed by atoms with Crippen molar-refractivity contribution >= 4 is 32.4 Å². The standard InChI is InChI=1S/C28H23NO8S/c1-35-21-9-7-18(8-10-21)23-15-37-25-14-22(13-24(30)27(25)28(23)32)36-16-26(31)29(19-5-3-2-4-6-19)20-11-12-38(33,34)17-20/h2-15,20,30H,16-17H2,1H3. The van der Waals surface area contributed by atoms with Crippen LogP contribution in [0, 0.1) is 0 Å². The number of phenols is 1. The number of rotatable bonds is 7. The average Bonchev–Trinajstić information content (AvgIpc) is 3.27. The zero-order valence-corrected chi connectivity index (χ0v) is 21.1. The van der Waals surface area contributed by atoms with Gasteiger partial charge in [0.15, 0.2) is 16.4 Å². The third kappa shape index (κ3) is 4.98. The van der Waals surface area contributed by atoms with Gasteiger partial charge in [-0.2, -0.15) is 0 Å². The van der Waals surface area contributed by atoms with Gasteiger partial charge >= 0.3 is 0 Å². The number of aromatic hydroxyl groups is 1. The summed E-state index contributed by atoms with van der Waals surface area (Å²) in [6.45, 7) is -0.446. The molecule has 1 aliphatic heterocycles. The highest BCUT2D eigenvalue weighted by Crippen LogP contribution is 2.31. The second-order valence-corrected chi connectivity index (χ2v) is 10.6. The first-order valence-corrected chi connectivity index (χ1v) is 13.3. The first-order chi connectivity index (χ1) is 18.3. The van der Waals surface area contributed by atoms with Crippen LogP contribution >= 0.6 is 0 Å². The Morgan fingerprint density at radius 1 is 1.08 bits per heavy atom. The molecule has 0 radical (unpaired) electrons. The summed E-state index contributed by atoms with van der Waals surface area (Å²) < 4.78 is 40.4. The lowest BCUT2D eigenvalue weighted by molar-refractivity contribution is -0.120. The van der Waals surface area contributed by atoms with E-state index in [4.69, 9.17) is 13.9 Å². The van der Waals surface area contributed by atoms with E-state index in [1.165, 1.54) is 29.4 Å². The molecule has 0 bridgehead atoms. The Kier molecular flexibility index (Phi) is 6.64. The van der Waals surface area contributed by atoms with Gasteiger partial charge in [0.2, 0.25) is 5.43 Å². The largest absolute Gasteiger partial charge is 0.507 e. The van der Waals surface area contributed by atoms with Gasteiger partial charge in [-0.25, -0.2) is 8.42 Å². The fourth-order valence-electron chi connectivity index (χ4n) is 4.30. The number of amides is 1. The lowest BCUT2D eigenvalue weighted by atomic mass is 10.0. The molecular formula is C28H23NO8S. The van der Waals surface area contributed by atoms with Gasteiger partial charge in [0.25, 0.3) is 5.91 Å². The topological polar surface area (TPSA) is 123 Å². The van der Waals surface area contributed by atoms with Crippen molar-refractivity contribution in [3.63, 3.8) is 0 Å². The monoisotopic (exact) mass is 533 g/mol. The number of sulfone groups is 1. The maximum atomic E-state index is 13.2. The molecule has 38 heavy (non-hydrogen) atoms. The van der Waals surface area contributed by atoms with E-state index >= 15 is 0 Å². The molecule has 1 N–H and O–H groups in total. The molecule has 0 aliphatic carbocycles. The molecule has 1 unspecified atom stereocenters. The van der Waals surface area contributed by atoms with Crippen LogP contribution in [-0.4, -0.2) is 44.9 Å². The second-order valence-electron chi connectivity index (χ2n) is 8.64. The molecule has 9 nitrogen and oxygen atoms in total. The van der Waals surface area contributed by atoms with Gasteiger partial charge in [0.05, 0.1) is 24.5 Å². The van der Waals surface area contributed by atoms with Crippen molar-refractivity contribution in [2.75, 3.05) is 24.4 Å². The minimum Gasteiger partial charge on any atom is -0.507 e. The summed E-state index contributed by atoms with van der Waals surface area (Å²) in [7, 11) is -1.87. The van der Waals surface area contributed by atoms with Gasteiger partial charge in [-0.3, -0.25) is 9.59 Å². The molecule has 3 aromatic carbocycles. The Morgan fingerprint density at radius 2 is 1.82 bits per heavy atom. The molecule has 2 heterocycles. The third-order valence-corrected chi connectivity index (χ3v) is 7.52. The van der Waals surface area contributed by atoms with Crippen molar-refractivity contribution in [2.45, 2.75) is 6.04 Å². The molecule has 4 aromatic rings. The van der Waals surface area contributed by atoms with Crippen molar-refractivity contribution < 1.29 is 32.2 Å². The quantitative estimate of drug-likeness (QED) is 0.380. The van der Waals surface area contributed by atoms with Crippen molar-refractivity contribution in [2.24, 2.45) is 0 Å². The third-order valence-electron chi connectivity index (χ3n) is 6.14. The Bertz CT molecular complexity index is 1690. The Morgan fingerprint density at radius 3 is 2.47 bits per heavy atom. The first kappa shape index (κ1) is 25.1. The molecule has 0 fully saturated rings. The maximum Gasteiger partial charge on any atom is 0.265 e. The van der Waals surface area contributed by atoms with E-state index in [9.17, 15) is 23.1 Å². The summed E-state index contributed by atoms with van der Waals surface area (Å²) >= 11 is 0. The molecule has 1 aromatic heterocycles. The van der Waals surface area contributed by atoms with Crippen LogP contribution < -0.4 is 19.8 Å². The van der Waals surface area contributed by atoms with E-state index < -0.39 is 33.8 Å². The number of fused-ring (bicyclic) bond motifs is 1. The first-order valence-electron chi connectivity index (χ1n) is 11.6. The van der Waals surface area contributed by atoms with Gasteiger partial charge in [0, 0.05) is 23.2 Å². The van der Waals surface area contributed by atoms with E-state index in [-0.39, 0.29) is 33.8 Å². The summed E-state index contributed by atoms with van der Waals surface area (Å²) in [6, 6.07) is 17.5. The van der Waals surface area contributed by atoms with E-state index in [1.807, 2.05) is 0 Å². The maximum absolute atomic E-state index is 13.2. The fraction of sp³-hybridized carbons (Fsp3) is 0.143. The second kappa shape index (κ2) is 10.1. The highest BCUT2D eigenvalue weighted by Gasteiger charge is 2.31. The lowest BCUT2D eigenvalue weighted by Gasteiger charge is -2.27. The lowest BCUT2D eigenvalue weighted by Crippen LogP contribution is -2.43. The number of nitrogens with zero attached hydrogens (tertiary/aromatic N) is 1. The van der Waals surface area contributed by atoms with Gasteiger partial charge in [-0.05, 0) is 35.9 Å². The molecule has 0 saturated carbocycles. The number of phenolic OH excluding ortho intramolecular Hbond substituents is 1. The zero-order valence-electron chi connectivity index (χ0n) is 20.2. The summed E-state index contributed by atoms with van der Waals surface area (Å²) in [5.41, 5.74) is 1.03. The molecule has 10 heteroatoms. The van der Waals surface area contributed by atoms with E-state index in [0.717, 1.165) is 5.41 Å². The summed E-state index contributed by atoms with van der Waals surface area (Å²) in [5.74, 6) is -0.343. The number of ether oxygens (including phenoxy) is 2. The van der Waals surface area contributed by atoms with Crippen LogP contribution in [0.3, 0.4) is 0 Å². The molecule has 1 atom stereocenters. The smallest absolute Gasteiger partial charge is 0.265 e. The van der Waals surface area contributed by atoms with Gasteiger partial charge in [-0.1, -0.05) is 30.3 Å². The normalized spacial score (nSPS) is 15.9. The van der Waals surface area contributed by atoms with E-state index in [0.29, 0.717) is 17.0 Å². The molecule has 1 amide bonds. The van der Waals surface area contributed by atoms with Crippen molar-refractivity contribution in [1.82, 2.24) is 0 Å². The molecule has 194 valence electrons. The van der Waals surface area contributed by atoms with Gasteiger partial charge in [-0.15, -0.1) is 0 Å². The number of carbonyl (C=O) groups is 1. The summed E-state index contributed by atoms with van der Waals surface area (Å²) in [6.07, 6.45) is 2.77. The fourth-order valence-corrected chi connectivity index (χ4v) is 5.57. The molecule has 0 spiro atoms. The summed E-state index contributed by atoms with van der Waals surface area (Å²) in [5, 5.41) is 11.7. The Hall–Kier alpha value is -4.57. The Labute approximate surface area is 218 Å². The van der Waals surface area contributed by atoms with Crippen molar-refractivity contribution in [1.29, 1.82) is 0 Å². The zero-order chi connectivity index (χ0) is 26.9.